The molecule has 0 amide bonds. The van der Waals surface area contributed by atoms with Crippen LogP contribution in [-0.4, -0.2) is 31.0 Å². The van der Waals surface area contributed by atoms with Gasteiger partial charge in [0, 0.05) is 4.88 Å². The molecule has 78 valence electrons. The molecule has 14 heavy (non-hydrogen) atoms. The van der Waals surface area contributed by atoms with Crippen LogP contribution in [0.1, 0.15) is 16.5 Å². The van der Waals surface area contributed by atoms with E-state index in [1.54, 1.807) is 11.3 Å². The van der Waals surface area contributed by atoms with Gasteiger partial charge in [-0.15, -0.1) is 11.3 Å². The first-order valence-corrected chi connectivity index (χ1v) is 5.58. The van der Waals surface area contributed by atoms with Crippen LogP contribution in [0.5, 0.6) is 0 Å². The molecule has 0 saturated carbocycles. The predicted octanol–water partition coefficient (Wildman–Crippen LogP) is 1.51. The van der Waals surface area contributed by atoms with Crippen LogP contribution in [-0.2, 0) is 9.47 Å². The SMILES string of the molecule is Cc1ccsc1C(O)C1COCCO1. The molecule has 1 saturated heterocycles. The van der Waals surface area contributed by atoms with Gasteiger partial charge in [-0.1, -0.05) is 0 Å². The van der Waals surface area contributed by atoms with E-state index in [0.717, 1.165) is 10.4 Å². The lowest BCUT2D eigenvalue weighted by Crippen LogP contribution is -2.33. The maximum atomic E-state index is 10.0. The first-order chi connectivity index (χ1) is 6.79. The fourth-order valence-electron chi connectivity index (χ4n) is 1.54. The summed E-state index contributed by atoms with van der Waals surface area (Å²) in [6.07, 6.45) is -0.753. The molecule has 1 aromatic heterocycles. The van der Waals surface area contributed by atoms with Gasteiger partial charge in [0.05, 0.1) is 19.8 Å². The van der Waals surface area contributed by atoms with E-state index >= 15 is 0 Å². The average Bonchev–Trinajstić information content (AvgIpc) is 2.65. The molecule has 4 heteroatoms. The molecule has 1 N–H and O–H groups in total. The van der Waals surface area contributed by atoms with Gasteiger partial charge in [-0.2, -0.15) is 0 Å². The zero-order chi connectivity index (χ0) is 9.97. The first kappa shape index (κ1) is 10.1. The summed E-state index contributed by atoms with van der Waals surface area (Å²) in [6, 6.07) is 2.01. The minimum atomic E-state index is -0.546. The van der Waals surface area contributed by atoms with Gasteiger partial charge in [0.2, 0.25) is 0 Å². The van der Waals surface area contributed by atoms with Crippen molar-refractivity contribution in [2.45, 2.75) is 19.1 Å². The Morgan fingerprint density at radius 3 is 3.00 bits per heavy atom. The number of hydrogen-bond acceptors (Lipinski definition) is 4. The van der Waals surface area contributed by atoms with Crippen LogP contribution in [0.4, 0.5) is 0 Å². The summed E-state index contributed by atoms with van der Waals surface area (Å²) in [4.78, 5) is 0.987. The van der Waals surface area contributed by atoms with Gasteiger partial charge in [-0.25, -0.2) is 0 Å². The Morgan fingerprint density at radius 2 is 2.43 bits per heavy atom. The Hall–Kier alpha value is -0.420. The fraction of sp³-hybridized carbons (Fsp3) is 0.600. The summed E-state index contributed by atoms with van der Waals surface area (Å²) in [6.45, 7) is 3.69. The van der Waals surface area contributed by atoms with Crippen molar-refractivity contribution < 1.29 is 14.6 Å². The van der Waals surface area contributed by atoms with Crippen molar-refractivity contribution in [3.63, 3.8) is 0 Å². The van der Waals surface area contributed by atoms with Crippen LogP contribution in [0, 0.1) is 6.92 Å². The number of aryl methyl sites for hydroxylation is 1. The summed E-state index contributed by atoms with van der Waals surface area (Å²) < 4.78 is 10.7. The van der Waals surface area contributed by atoms with Crippen molar-refractivity contribution >= 4 is 11.3 Å². The van der Waals surface area contributed by atoms with Gasteiger partial charge in [-0.3, -0.25) is 0 Å². The molecule has 2 rings (SSSR count). The van der Waals surface area contributed by atoms with E-state index in [9.17, 15) is 5.11 Å². The van der Waals surface area contributed by atoms with E-state index in [1.165, 1.54) is 0 Å². The van der Waals surface area contributed by atoms with E-state index in [-0.39, 0.29) is 6.10 Å². The highest BCUT2D eigenvalue weighted by atomic mass is 32.1. The minimum absolute atomic E-state index is 0.207. The molecule has 0 radical (unpaired) electrons. The average molecular weight is 214 g/mol. The maximum Gasteiger partial charge on any atom is 0.117 e. The fourth-order valence-corrected chi connectivity index (χ4v) is 2.51. The van der Waals surface area contributed by atoms with Crippen molar-refractivity contribution in [1.82, 2.24) is 0 Å². The molecule has 0 bridgehead atoms. The quantitative estimate of drug-likeness (QED) is 0.811. The molecule has 3 nitrogen and oxygen atoms in total. The van der Waals surface area contributed by atoms with Crippen LogP contribution >= 0.6 is 11.3 Å². The van der Waals surface area contributed by atoms with E-state index in [0.29, 0.717) is 19.8 Å². The molecule has 2 heterocycles. The molecule has 0 aromatic carbocycles. The number of ether oxygens (including phenoxy) is 2. The predicted molar refractivity (Wildman–Crippen MR) is 54.6 cm³/mol. The highest BCUT2D eigenvalue weighted by Gasteiger charge is 2.26. The molecule has 0 spiro atoms. The third kappa shape index (κ3) is 1.98. The maximum absolute atomic E-state index is 10.0. The second-order valence-corrected chi connectivity index (χ2v) is 4.34. The third-order valence-electron chi connectivity index (χ3n) is 2.36. The van der Waals surface area contributed by atoms with Crippen molar-refractivity contribution in [2.24, 2.45) is 0 Å². The zero-order valence-corrected chi connectivity index (χ0v) is 8.92. The molecule has 1 fully saturated rings. The van der Waals surface area contributed by atoms with Gasteiger partial charge < -0.3 is 14.6 Å². The Morgan fingerprint density at radius 1 is 1.57 bits per heavy atom. The lowest BCUT2D eigenvalue weighted by atomic mass is 10.1. The highest BCUT2D eigenvalue weighted by Crippen LogP contribution is 2.28. The lowest BCUT2D eigenvalue weighted by molar-refractivity contribution is -0.132. The molecule has 2 atom stereocenters. The van der Waals surface area contributed by atoms with Gasteiger partial charge in [0.15, 0.2) is 0 Å². The largest absolute Gasteiger partial charge is 0.385 e. The molecular formula is C10H14O3S. The number of rotatable bonds is 2. The van der Waals surface area contributed by atoms with E-state index < -0.39 is 6.10 Å². The van der Waals surface area contributed by atoms with E-state index in [2.05, 4.69) is 0 Å². The van der Waals surface area contributed by atoms with Gasteiger partial charge in [0.1, 0.15) is 12.2 Å². The molecule has 1 aliphatic heterocycles. The Balaban J connectivity index is 2.07. The molecule has 0 aliphatic carbocycles. The highest BCUT2D eigenvalue weighted by molar-refractivity contribution is 7.10. The normalized spacial score (nSPS) is 24.9. The Bertz CT molecular complexity index is 291. The number of hydrogen-bond donors (Lipinski definition) is 1. The molecule has 2 unspecified atom stereocenters. The molecule has 1 aromatic rings. The summed E-state index contributed by atoms with van der Waals surface area (Å²) in [5.41, 5.74) is 1.12. The summed E-state index contributed by atoms with van der Waals surface area (Å²) >= 11 is 1.57. The van der Waals surface area contributed by atoms with Crippen molar-refractivity contribution in [3.05, 3.63) is 21.9 Å². The van der Waals surface area contributed by atoms with E-state index in [1.807, 2.05) is 18.4 Å². The van der Waals surface area contributed by atoms with Crippen molar-refractivity contribution in [2.75, 3.05) is 19.8 Å². The van der Waals surface area contributed by atoms with Crippen LogP contribution in [0.3, 0.4) is 0 Å². The Labute approximate surface area is 87.3 Å². The van der Waals surface area contributed by atoms with Gasteiger partial charge in [-0.05, 0) is 23.9 Å². The smallest absolute Gasteiger partial charge is 0.117 e. The first-order valence-electron chi connectivity index (χ1n) is 4.70. The van der Waals surface area contributed by atoms with Crippen LogP contribution in [0.15, 0.2) is 11.4 Å². The van der Waals surface area contributed by atoms with Crippen LogP contribution < -0.4 is 0 Å². The van der Waals surface area contributed by atoms with Crippen molar-refractivity contribution in [1.29, 1.82) is 0 Å². The number of aliphatic hydroxyl groups excluding tert-OH is 1. The summed E-state index contributed by atoms with van der Waals surface area (Å²) in [5.74, 6) is 0. The second-order valence-electron chi connectivity index (χ2n) is 3.40. The van der Waals surface area contributed by atoms with Crippen LogP contribution in [0.2, 0.25) is 0 Å². The number of aliphatic hydroxyl groups is 1. The van der Waals surface area contributed by atoms with Crippen LogP contribution in [0.25, 0.3) is 0 Å². The minimum Gasteiger partial charge on any atom is -0.385 e. The van der Waals surface area contributed by atoms with Gasteiger partial charge >= 0.3 is 0 Å². The lowest BCUT2D eigenvalue weighted by Gasteiger charge is -2.26. The summed E-state index contributed by atoms with van der Waals surface area (Å²) in [5, 5.41) is 12.0. The Kier molecular flexibility index (Phi) is 3.18. The van der Waals surface area contributed by atoms with E-state index in [4.69, 9.17) is 9.47 Å². The monoisotopic (exact) mass is 214 g/mol. The van der Waals surface area contributed by atoms with Crippen molar-refractivity contribution in [3.8, 4) is 0 Å². The number of thiophene rings is 1. The topological polar surface area (TPSA) is 38.7 Å². The standard InChI is InChI=1S/C10H14O3S/c1-7-2-5-14-10(7)9(11)8-6-12-3-4-13-8/h2,5,8-9,11H,3-4,6H2,1H3. The molecule has 1 aliphatic rings. The second kappa shape index (κ2) is 4.40. The molecular weight excluding hydrogens is 200 g/mol. The third-order valence-corrected chi connectivity index (χ3v) is 3.45. The zero-order valence-electron chi connectivity index (χ0n) is 8.10. The van der Waals surface area contributed by atoms with Gasteiger partial charge in [0.25, 0.3) is 0 Å². The summed E-state index contributed by atoms with van der Waals surface area (Å²) in [7, 11) is 0.